The molecule has 2 aromatic rings. The lowest BCUT2D eigenvalue weighted by atomic mass is 10.1. The number of benzene rings is 2. The van der Waals surface area contributed by atoms with Gasteiger partial charge in [-0.1, -0.05) is 30.3 Å². The summed E-state index contributed by atoms with van der Waals surface area (Å²) in [4.78, 5) is 14.2. The fourth-order valence-electron chi connectivity index (χ4n) is 2.79. The third-order valence-electron chi connectivity index (χ3n) is 4.23. The predicted molar refractivity (Wildman–Crippen MR) is 108 cm³/mol. The molecule has 2 N–H and O–H groups in total. The van der Waals surface area contributed by atoms with Gasteiger partial charge in [0.05, 0.1) is 13.2 Å². The van der Waals surface area contributed by atoms with Gasteiger partial charge in [0, 0.05) is 30.9 Å². The zero-order valence-corrected chi connectivity index (χ0v) is 15.4. The van der Waals surface area contributed by atoms with Crippen molar-refractivity contribution in [1.29, 1.82) is 0 Å². The average Bonchev–Trinajstić information content (AvgIpc) is 2.69. The standard InChI is InChI=1S/C20H23N3O2S/c24-19(23-12-14-25-15-13-23)17-6-8-18(9-7-17)22-20(26)21-11-10-16-4-2-1-3-5-16/h1-9H,10-15H2,(H2,21,22,26). The lowest BCUT2D eigenvalue weighted by Crippen LogP contribution is -2.40. The maximum atomic E-state index is 12.4. The first-order valence-corrected chi connectivity index (χ1v) is 9.19. The molecule has 0 aliphatic carbocycles. The summed E-state index contributed by atoms with van der Waals surface area (Å²) in [5, 5.41) is 6.93. The molecule has 1 saturated heterocycles. The molecule has 1 heterocycles. The monoisotopic (exact) mass is 369 g/mol. The zero-order chi connectivity index (χ0) is 18.2. The van der Waals surface area contributed by atoms with Crippen molar-refractivity contribution in [3.05, 3.63) is 65.7 Å². The number of ether oxygens (including phenoxy) is 1. The van der Waals surface area contributed by atoms with E-state index in [1.165, 1.54) is 5.56 Å². The van der Waals surface area contributed by atoms with Crippen LogP contribution >= 0.6 is 12.2 Å². The van der Waals surface area contributed by atoms with Gasteiger partial charge in [-0.3, -0.25) is 4.79 Å². The highest BCUT2D eigenvalue weighted by Crippen LogP contribution is 2.12. The first-order chi connectivity index (χ1) is 12.7. The second-order valence-corrected chi connectivity index (χ2v) is 6.51. The molecule has 1 aliphatic rings. The Balaban J connectivity index is 1.46. The van der Waals surface area contributed by atoms with Crippen LogP contribution in [0, 0.1) is 0 Å². The molecule has 0 spiro atoms. The van der Waals surface area contributed by atoms with Crippen molar-refractivity contribution in [3.8, 4) is 0 Å². The predicted octanol–water partition coefficient (Wildman–Crippen LogP) is 2.69. The first-order valence-electron chi connectivity index (χ1n) is 8.78. The van der Waals surface area contributed by atoms with Crippen molar-refractivity contribution in [1.82, 2.24) is 10.2 Å². The number of rotatable bonds is 5. The summed E-state index contributed by atoms with van der Waals surface area (Å²) in [6, 6.07) is 17.7. The van der Waals surface area contributed by atoms with Crippen LogP contribution in [0.2, 0.25) is 0 Å². The van der Waals surface area contributed by atoms with Gasteiger partial charge in [-0.2, -0.15) is 0 Å². The zero-order valence-electron chi connectivity index (χ0n) is 14.6. The van der Waals surface area contributed by atoms with Crippen LogP contribution in [0.5, 0.6) is 0 Å². The number of hydrogen-bond donors (Lipinski definition) is 2. The van der Waals surface area contributed by atoms with Gasteiger partial charge in [0.25, 0.3) is 5.91 Å². The molecule has 1 amide bonds. The van der Waals surface area contributed by atoms with Gasteiger partial charge in [-0.15, -0.1) is 0 Å². The van der Waals surface area contributed by atoms with Gasteiger partial charge < -0.3 is 20.3 Å². The summed E-state index contributed by atoms with van der Waals surface area (Å²) in [6.45, 7) is 3.27. The number of amides is 1. The minimum Gasteiger partial charge on any atom is -0.378 e. The number of carbonyl (C=O) groups excluding carboxylic acids is 1. The number of morpholine rings is 1. The van der Waals surface area contributed by atoms with Crippen LogP contribution in [0.4, 0.5) is 5.69 Å². The maximum Gasteiger partial charge on any atom is 0.254 e. The molecule has 0 unspecified atom stereocenters. The summed E-state index contributed by atoms with van der Waals surface area (Å²) >= 11 is 5.33. The molecule has 1 fully saturated rings. The van der Waals surface area contributed by atoms with Gasteiger partial charge in [0.15, 0.2) is 5.11 Å². The Morgan fingerprint density at radius 3 is 2.42 bits per heavy atom. The minimum absolute atomic E-state index is 0.0448. The van der Waals surface area contributed by atoms with Gasteiger partial charge in [0.1, 0.15) is 0 Å². The Morgan fingerprint density at radius 1 is 1.04 bits per heavy atom. The Morgan fingerprint density at radius 2 is 1.73 bits per heavy atom. The molecular formula is C20H23N3O2S. The molecule has 136 valence electrons. The van der Waals surface area contributed by atoms with Crippen molar-refractivity contribution < 1.29 is 9.53 Å². The summed E-state index contributed by atoms with van der Waals surface area (Å²) in [6.07, 6.45) is 0.912. The summed E-state index contributed by atoms with van der Waals surface area (Å²) in [7, 11) is 0. The molecule has 0 radical (unpaired) electrons. The summed E-state index contributed by atoms with van der Waals surface area (Å²) in [5.74, 6) is 0.0448. The number of thiocarbonyl (C=S) groups is 1. The van der Waals surface area contributed by atoms with E-state index in [4.69, 9.17) is 17.0 Å². The number of nitrogens with one attached hydrogen (secondary N) is 2. The van der Waals surface area contributed by atoms with E-state index in [0.29, 0.717) is 37.0 Å². The Bertz CT molecular complexity index is 728. The molecule has 0 bridgehead atoms. The number of anilines is 1. The molecule has 0 saturated carbocycles. The normalized spacial score (nSPS) is 13.9. The van der Waals surface area contributed by atoms with Crippen LogP contribution in [-0.2, 0) is 11.2 Å². The smallest absolute Gasteiger partial charge is 0.254 e. The molecule has 2 aromatic carbocycles. The molecule has 0 atom stereocenters. The van der Waals surface area contributed by atoms with Crippen LogP contribution in [0.25, 0.3) is 0 Å². The Hall–Kier alpha value is -2.44. The topological polar surface area (TPSA) is 53.6 Å². The molecule has 26 heavy (non-hydrogen) atoms. The number of hydrogen-bond acceptors (Lipinski definition) is 3. The van der Waals surface area contributed by atoms with E-state index < -0.39 is 0 Å². The Labute approximate surface area is 159 Å². The van der Waals surface area contributed by atoms with Crippen LogP contribution in [0.1, 0.15) is 15.9 Å². The molecular weight excluding hydrogens is 346 g/mol. The van der Waals surface area contributed by atoms with Gasteiger partial charge in [-0.25, -0.2) is 0 Å². The van der Waals surface area contributed by atoms with Crippen molar-refractivity contribution in [3.63, 3.8) is 0 Å². The summed E-state index contributed by atoms with van der Waals surface area (Å²) in [5.41, 5.74) is 2.81. The molecule has 1 aliphatic heterocycles. The highest BCUT2D eigenvalue weighted by molar-refractivity contribution is 7.80. The van der Waals surface area contributed by atoms with Gasteiger partial charge in [0.2, 0.25) is 0 Å². The van der Waals surface area contributed by atoms with Crippen LogP contribution in [0.15, 0.2) is 54.6 Å². The van der Waals surface area contributed by atoms with Crippen molar-refractivity contribution in [2.75, 3.05) is 38.2 Å². The van der Waals surface area contributed by atoms with E-state index >= 15 is 0 Å². The summed E-state index contributed by atoms with van der Waals surface area (Å²) < 4.78 is 5.28. The third kappa shape index (κ3) is 5.28. The second kappa shape index (κ2) is 9.31. The van der Waals surface area contributed by atoms with E-state index in [1.54, 1.807) is 0 Å². The largest absolute Gasteiger partial charge is 0.378 e. The van der Waals surface area contributed by atoms with Gasteiger partial charge >= 0.3 is 0 Å². The molecule has 3 rings (SSSR count). The average molecular weight is 369 g/mol. The van der Waals surface area contributed by atoms with E-state index in [-0.39, 0.29) is 5.91 Å². The van der Waals surface area contributed by atoms with E-state index in [2.05, 4.69) is 22.8 Å². The SMILES string of the molecule is O=C(c1ccc(NC(=S)NCCc2ccccc2)cc1)N1CCOCC1. The fourth-order valence-corrected chi connectivity index (χ4v) is 3.01. The fraction of sp³-hybridized carbons (Fsp3) is 0.300. The number of nitrogens with zero attached hydrogens (tertiary/aromatic N) is 1. The quantitative estimate of drug-likeness (QED) is 0.794. The van der Waals surface area contributed by atoms with Crippen molar-refractivity contribution in [2.24, 2.45) is 0 Å². The van der Waals surface area contributed by atoms with E-state index in [1.807, 2.05) is 47.4 Å². The molecule has 0 aromatic heterocycles. The van der Waals surface area contributed by atoms with E-state index in [0.717, 1.165) is 18.7 Å². The Kier molecular flexibility index (Phi) is 6.57. The highest BCUT2D eigenvalue weighted by atomic mass is 32.1. The van der Waals surface area contributed by atoms with Crippen LogP contribution < -0.4 is 10.6 Å². The lowest BCUT2D eigenvalue weighted by molar-refractivity contribution is 0.0303. The molecule has 6 heteroatoms. The maximum absolute atomic E-state index is 12.4. The number of carbonyl (C=O) groups is 1. The third-order valence-corrected chi connectivity index (χ3v) is 4.48. The first kappa shape index (κ1) is 18.4. The van der Waals surface area contributed by atoms with Crippen LogP contribution in [-0.4, -0.2) is 48.8 Å². The van der Waals surface area contributed by atoms with Crippen molar-refractivity contribution in [2.45, 2.75) is 6.42 Å². The second-order valence-electron chi connectivity index (χ2n) is 6.10. The minimum atomic E-state index is 0.0448. The van der Waals surface area contributed by atoms with Crippen molar-refractivity contribution >= 4 is 28.9 Å². The van der Waals surface area contributed by atoms with E-state index in [9.17, 15) is 4.79 Å². The lowest BCUT2D eigenvalue weighted by Gasteiger charge is -2.26. The van der Waals surface area contributed by atoms with Crippen LogP contribution in [0.3, 0.4) is 0 Å². The molecule has 5 nitrogen and oxygen atoms in total. The van der Waals surface area contributed by atoms with Gasteiger partial charge in [-0.05, 0) is 48.5 Å². The highest BCUT2D eigenvalue weighted by Gasteiger charge is 2.18.